The zero-order chi connectivity index (χ0) is 16.4. The summed E-state index contributed by atoms with van der Waals surface area (Å²) in [6, 6.07) is 10.0. The van der Waals surface area contributed by atoms with Gasteiger partial charge in [-0.2, -0.15) is 0 Å². The number of hydrogen-bond acceptors (Lipinski definition) is 3. The lowest BCUT2D eigenvalue weighted by Gasteiger charge is -2.30. The van der Waals surface area contributed by atoms with E-state index in [1.54, 1.807) is 0 Å². The first-order chi connectivity index (χ1) is 11.1. The van der Waals surface area contributed by atoms with Crippen LogP contribution in [0, 0.1) is 5.92 Å². The van der Waals surface area contributed by atoms with Gasteiger partial charge in [-0.25, -0.2) is 0 Å². The van der Waals surface area contributed by atoms with Gasteiger partial charge in [0.05, 0.1) is 11.1 Å². The largest absolute Gasteiger partial charge is 0.348 e. The summed E-state index contributed by atoms with van der Waals surface area (Å²) in [5.74, 6) is 0.797. The predicted octanol–water partition coefficient (Wildman–Crippen LogP) is 3.09. The van der Waals surface area contributed by atoms with Crippen LogP contribution < -0.4 is 10.6 Å². The van der Waals surface area contributed by atoms with Gasteiger partial charge in [-0.05, 0) is 36.9 Å². The molecule has 4 heteroatoms. The van der Waals surface area contributed by atoms with Gasteiger partial charge in [0, 0.05) is 23.7 Å². The molecule has 23 heavy (non-hydrogen) atoms. The van der Waals surface area contributed by atoms with Gasteiger partial charge in [0.2, 0.25) is 0 Å². The van der Waals surface area contributed by atoms with E-state index in [0.717, 1.165) is 41.7 Å². The number of piperidine rings is 1. The van der Waals surface area contributed by atoms with Gasteiger partial charge in [0.15, 0.2) is 0 Å². The molecule has 4 nitrogen and oxygen atoms in total. The lowest BCUT2D eigenvalue weighted by atomic mass is 9.94. The lowest BCUT2D eigenvalue weighted by molar-refractivity contribution is 0.0916. The summed E-state index contributed by atoms with van der Waals surface area (Å²) in [7, 11) is 0. The molecule has 0 saturated carbocycles. The zero-order valence-corrected chi connectivity index (χ0v) is 14.1. The van der Waals surface area contributed by atoms with Crippen molar-refractivity contribution in [3.05, 3.63) is 41.6 Å². The molecule has 0 bridgehead atoms. The van der Waals surface area contributed by atoms with E-state index < -0.39 is 0 Å². The van der Waals surface area contributed by atoms with Crippen LogP contribution in [0.25, 0.3) is 10.9 Å². The van der Waals surface area contributed by atoms with Crippen LogP contribution in [-0.4, -0.2) is 30.0 Å². The molecule has 1 aromatic heterocycles. The van der Waals surface area contributed by atoms with Crippen molar-refractivity contribution in [2.24, 2.45) is 5.92 Å². The maximum Gasteiger partial charge on any atom is 0.252 e. The second kappa shape index (κ2) is 6.67. The van der Waals surface area contributed by atoms with E-state index in [1.165, 1.54) is 0 Å². The number of para-hydroxylation sites is 1. The van der Waals surface area contributed by atoms with E-state index >= 15 is 0 Å². The highest BCUT2D eigenvalue weighted by atomic mass is 16.1. The molecule has 2 unspecified atom stereocenters. The van der Waals surface area contributed by atoms with Gasteiger partial charge in [0.1, 0.15) is 0 Å². The molecule has 1 aliphatic rings. The van der Waals surface area contributed by atoms with Gasteiger partial charge in [-0.3, -0.25) is 9.78 Å². The van der Waals surface area contributed by atoms with Crippen LogP contribution in [-0.2, 0) is 0 Å². The Labute approximate surface area is 137 Å². The number of rotatable bonds is 3. The Balaban J connectivity index is 1.95. The van der Waals surface area contributed by atoms with E-state index in [4.69, 9.17) is 0 Å². The molecule has 0 aliphatic carbocycles. The van der Waals surface area contributed by atoms with Gasteiger partial charge in [-0.1, -0.05) is 39.0 Å². The number of benzene rings is 1. The number of fused-ring (bicyclic) bond motifs is 1. The van der Waals surface area contributed by atoms with Crippen LogP contribution in [0.1, 0.15) is 49.2 Å². The Kier molecular flexibility index (Phi) is 4.62. The van der Waals surface area contributed by atoms with E-state index in [9.17, 15) is 4.79 Å². The number of pyridine rings is 1. The zero-order valence-electron chi connectivity index (χ0n) is 14.1. The summed E-state index contributed by atoms with van der Waals surface area (Å²) in [5, 5.41) is 7.50. The van der Waals surface area contributed by atoms with Crippen molar-refractivity contribution >= 4 is 16.8 Å². The number of aromatic nitrogens is 1. The maximum absolute atomic E-state index is 12.9. The number of hydrogen-bond donors (Lipinski definition) is 2. The molecule has 2 heterocycles. The normalized spacial score (nSPS) is 21.6. The lowest BCUT2D eigenvalue weighted by Crippen LogP contribution is -2.50. The van der Waals surface area contributed by atoms with Crippen LogP contribution in [0.2, 0.25) is 0 Å². The van der Waals surface area contributed by atoms with Crippen molar-refractivity contribution in [2.45, 2.75) is 39.2 Å². The molecule has 3 rings (SSSR count). The fourth-order valence-corrected chi connectivity index (χ4v) is 3.11. The Bertz CT molecular complexity index is 711. The molecule has 2 N–H and O–H groups in total. The van der Waals surface area contributed by atoms with Gasteiger partial charge < -0.3 is 10.6 Å². The van der Waals surface area contributed by atoms with Crippen molar-refractivity contribution in [1.29, 1.82) is 0 Å². The molecule has 0 radical (unpaired) electrons. The fraction of sp³-hybridized carbons (Fsp3) is 0.474. The number of nitrogens with zero attached hydrogens (tertiary/aromatic N) is 1. The molecular formula is C19H25N3O. The molecule has 1 fully saturated rings. The second-order valence-corrected chi connectivity index (χ2v) is 6.82. The monoisotopic (exact) mass is 311 g/mol. The van der Waals surface area contributed by atoms with Gasteiger partial charge >= 0.3 is 0 Å². The molecule has 1 aliphatic heterocycles. The van der Waals surface area contributed by atoms with Crippen molar-refractivity contribution in [3.8, 4) is 0 Å². The number of carbonyl (C=O) groups excluding carboxylic acids is 1. The van der Waals surface area contributed by atoms with E-state index in [1.807, 2.05) is 30.3 Å². The quantitative estimate of drug-likeness (QED) is 0.916. The van der Waals surface area contributed by atoms with Crippen LogP contribution in [0.4, 0.5) is 0 Å². The SMILES string of the molecule is CC(C)c1cc(C(=O)NC2CNCCC2C)c2ccccc2n1. The highest BCUT2D eigenvalue weighted by Crippen LogP contribution is 2.23. The van der Waals surface area contributed by atoms with Crippen molar-refractivity contribution < 1.29 is 4.79 Å². The average Bonchev–Trinajstić information content (AvgIpc) is 2.55. The molecule has 122 valence electrons. The molecule has 0 spiro atoms. The number of carbonyl (C=O) groups is 1. The van der Waals surface area contributed by atoms with Crippen molar-refractivity contribution in [2.75, 3.05) is 13.1 Å². The van der Waals surface area contributed by atoms with E-state index in [-0.39, 0.29) is 11.9 Å². The molecule has 1 amide bonds. The van der Waals surface area contributed by atoms with Crippen molar-refractivity contribution in [3.63, 3.8) is 0 Å². The Morgan fingerprint density at radius 2 is 2.13 bits per heavy atom. The van der Waals surface area contributed by atoms with Crippen LogP contribution in [0.15, 0.2) is 30.3 Å². The summed E-state index contributed by atoms with van der Waals surface area (Å²) < 4.78 is 0. The summed E-state index contributed by atoms with van der Waals surface area (Å²) >= 11 is 0. The maximum atomic E-state index is 12.9. The summed E-state index contributed by atoms with van der Waals surface area (Å²) in [6.07, 6.45) is 1.10. The molecule has 1 aromatic carbocycles. The van der Waals surface area contributed by atoms with E-state index in [2.05, 4.69) is 36.4 Å². The fourth-order valence-electron chi connectivity index (χ4n) is 3.11. The first-order valence-electron chi connectivity index (χ1n) is 8.47. The van der Waals surface area contributed by atoms with Gasteiger partial charge in [-0.15, -0.1) is 0 Å². The molecular weight excluding hydrogens is 286 g/mol. The minimum absolute atomic E-state index is 0.00560. The summed E-state index contributed by atoms with van der Waals surface area (Å²) in [6.45, 7) is 8.28. The standard InChI is InChI=1S/C19H25N3O/c1-12(2)17-10-15(14-6-4-5-7-16(14)21-17)19(23)22-18-11-20-9-8-13(18)3/h4-7,10,12-13,18,20H,8-9,11H2,1-3H3,(H,22,23). The third-order valence-electron chi connectivity index (χ3n) is 4.72. The third-order valence-corrected chi connectivity index (χ3v) is 4.72. The average molecular weight is 311 g/mol. The Hall–Kier alpha value is -1.94. The highest BCUT2D eigenvalue weighted by Gasteiger charge is 2.24. The van der Waals surface area contributed by atoms with Gasteiger partial charge in [0.25, 0.3) is 5.91 Å². The first-order valence-corrected chi connectivity index (χ1v) is 8.47. The minimum Gasteiger partial charge on any atom is -0.348 e. The van der Waals surface area contributed by atoms with Crippen LogP contribution in [0.5, 0.6) is 0 Å². The predicted molar refractivity (Wildman–Crippen MR) is 93.7 cm³/mol. The van der Waals surface area contributed by atoms with E-state index in [0.29, 0.717) is 11.8 Å². The second-order valence-electron chi connectivity index (χ2n) is 6.82. The smallest absolute Gasteiger partial charge is 0.252 e. The van der Waals surface area contributed by atoms with Crippen LogP contribution in [0.3, 0.4) is 0 Å². The topological polar surface area (TPSA) is 54.0 Å². The Morgan fingerprint density at radius 1 is 1.35 bits per heavy atom. The first kappa shape index (κ1) is 15.9. The highest BCUT2D eigenvalue weighted by molar-refractivity contribution is 6.06. The molecule has 1 saturated heterocycles. The number of amides is 1. The summed E-state index contributed by atoms with van der Waals surface area (Å²) in [4.78, 5) is 17.6. The third kappa shape index (κ3) is 3.37. The minimum atomic E-state index is 0.00560. The molecule has 2 aromatic rings. The number of nitrogens with one attached hydrogen (secondary N) is 2. The van der Waals surface area contributed by atoms with Crippen LogP contribution >= 0.6 is 0 Å². The van der Waals surface area contributed by atoms with Crippen molar-refractivity contribution in [1.82, 2.24) is 15.6 Å². The Morgan fingerprint density at radius 3 is 2.87 bits per heavy atom. The molecule has 2 atom stereocenters. The summed E-state index contributed by atoms with van der Waals surface area (Å²) in [5.41, 5.74) is 2.58.